The molecule has 0 saturated heterocycles. The van der Waals surface area contributed by atoms with E-state index in [0.29, 0.717) is 0 Å². The highest BCUT2D eigenvalue weighted by atomic mass is 31.1. The Labute approximate surface area is 86.9 Å². The van der Waals surface area contributed by atoms with E-state index in [1.165, 1.54) is 0 Å². The lowest BCUT2D eigenvalue weighted by Crippen LogP contribution is -2.37. The summed E-state index contributed by atoms with van der Waals surface area (Å²) in [5.41, 5.74) is -2.52. The van der Waals surface area contributed by atoms with E-state index < -0.39 is 32.1 Å². The number of carbonyl (C=O) groups excluding carboxylic acids is 3. The lowest BCUT2D eigenvalue weighted by atomic mass is 10.8. The molecule has 0 aromatic heterocycles. The van der Waals surface area contributed by atoms with Gasteiger partial charge >= 0.3 is 32.1 Å². The molecule has 0 aliphatic carbocycles. The predicted octanol–water partition coefficient (Wildman–Crippen LogP) is 0.579. The summed E-state index contributed by atoms with van der Waals surface area (Å²) in [6.45, 7) is 2.94. The maximum absolute atomic E-state index is 10.7. The molecule has 8 heteroatoms. The highest BCUT2D eigenvalue weighted by molar-refractivity contribution is 7.25. The quantitative estimate of drug-likeness (QED) is 0.400. The lowest BCUT2D eigenvalue weighted by molar-refractivity contribution is -0.278. The van der Waals surface area contributed by atoms with Crippen molar-refractivity contribution in [1.29, 1.82) is 0 Å². The average Bonchev–Trinajstić information content (AvgIpc) is 1.99. The van der Waals surface area contributed by atoms with Crippen LogP contribution in [0.15, 0.2) is 0 Å². The molecule has 0 aromatic carbocycles. The van der Waals surface area contributed by atoms with Crippen molar-refractivity contribution < 1.29 is 33.2 Å². The Morgan fingerprint density at radius 2 is 1.13 bits per heavy atom. The summed E-state index contributed by atoms with van der Waals surface area (Å²) in [6.07, 6.45) is 0. The molecule has 15 heavy (non-hydrogen) atoms. The molecule has 0 spiro atoms. The van der Waals surface area contributed by atoms with Crippen LogP contribution in [0.1, 0.15) is 20.8 Å². The second-order valence-corrected chi connectivity index (χ2v) is 3.13. The molecule has 0 unspecified atom stereocenters. The van der Waals surface area contributed by atoms with E-state index in [0.717, 1.165) is 20.8 Å². The number of carbonyl (C=O) groups is 3. The van der Waals surface area contributed by atoms with Gasteiger partial charge in [0.15, 0.2) is 0 Å². The fraction of sp³-hybridized carbons (Fsp3) is 0.571. The van der Waals surface area contributed by atoms with Crippen LogP contribution < -0.4 is 0 Å². The SMILES string of the molecule is CC(=O)OC(OC(C)=O)(OC(C)=O)P=O. The summed E-state index contributed by atoms with van der Waals surface area (Å²) < 4.78 is 23.8. The van der Waals surface area contributed by atoms with Crippen molar-refractivity contribution in [3.05, 3.63) is 0 Å². The van der Waals surface area contributed by atoms with Crippen LogP contribution in [-0.2, 0) is 33.2 Å². The molecule has 0 saturated carbocycles. The number of rotatable bonds is 4. The third-order valence-electron chi connectivity index (χ3n) is 0.930. The summed E-state index contributed by atoms with van der Waals surface area (Å²) in [5.74, 6) is -2.75. The Bertz CT molecular complexity index is 257. The Hall–Kier alpha value is -1.49. The van der Waals surface area contributed by atoms with Crippen LogP contribution in [0.3, 0.4) is 0 Å². The monoisotopic (exact) mass is 236 g/mol. The molecule has 0 bridgehead atoms. The molecule has 0 aliphatic heterocycles. The third kappa shape index (κ3) is 5.07. The number of esters is 3. The van der Waals surface area contributed by atoms with Gasteiger partial charge in [0, 0.05) is 20.8 Å². The summed E-state index contributed by atoms with van der Waals surface area (Å²) in [4.78, 5) is 31.9. The van der Waals surface area contributed by atoms with Crippen molar-refractivity contribution in [3.8, 4) is 0 Å². The Balaban J connectivity index is 4.90. The second kappa shape index (κ2) is 5.41. The number of ether oxygens (including phenoxy) is 3. The van der Waals surface area contributed by atoms with E-state index in [9.17, 15) is 18.9 Å². The van der Waals surface area contributed by atoms with E-state index in [4.69, 9.17) is 0 Å². The van der Waals surface area contributed by atoms with E-state index >= 15 is 0 Å². The van der Waals surface area contributed by atoms with Gasteiger partial charge in [0.25, 0.3) is 0 Å². The maximum atomic E-state index is 10.7. The summed E-state index contributed by atoms with van der Waals surface area (Å²) in [6, 6.07) is 0. The Kier molecular flexibility index (Phi) is 4.87. The molecule has 0 rings (SSSR count). The van der Waals surface area contributed by atoms with Crippen molar-refractivity contribution in [3.63, 3.8) is 0 Å². The molecule has 0 fully saturated rings. The molecule has 0 aliphatic rings. The predicted molar refractivity (Wildman–Crippen MR) is 45.6 cm³/mol. The molecular weight excluding hydrogens is 227 g/mol. The van der Waals surface area contributed by atoms with Gasteiger partial charge in [0.1, 0.15) is 0 Å². The molecule has 0 heterocycles. The van der Waals surface area contributed by atoms with Gasteiger partial charge in [-0.2, -0.15) is 0 Å². The van der Waals surface area contributed by atoms with E-state index in [2.05, 4.69) is 14.2 Å². The highest BCUT2D eigenvalue weighted by Gasteiger charge is 2.43. The van der Waals surface area contributed by atoms with Crippen molar-refractivity contribution in [2.24, 2.45) is 0 Å². The largest absolute Gasteiger partial charge is 0.509 e. The van der Waals surface area contributed by atoms with Gasteiger partial charge in [-0.3, -0.25) is 18.9 Å². The zero-order valence-corrected chi connectivity index (χ0v) is 9.20. The lowest BCUT2D eigenvalue weighted by Gasteiger charge is -2.23. The van der Waals surface area contributed by atoms with Gasteiger partial charge in [-0.05, 0) is 0 Å². The number of hydrogen-bond donors (Lipinski definition) is 0. The Morgan fingerprint density at radius 1 is 0.867 bits per heavy atom. The minimum absolute atomic E-state index is 0.916. The van der Waals surface area contributed by atoms with Gasteiger partial charge in [0.05, 0.1) is 0 Å². The molecule has 0 amide bonds. The molecule has 0 aromatic rings. The average molecular weight is 236 g/mol. The fourth-order valence-electron chi connectivity index (χ4n) is 0.663. The van der Waals surface area contributed by atoms with E-state index in [1.807, 2.05) is 0 Å². The standard InChI is InChI=1S/C7H9O7P/c1-4(8)12-7(15-11,13-5(2)9)14-6(3)10/h1-3H3. The first-order valence-corrected chi connectivity index (χ1v) is 4.56. The van der Waals surface area contributed by atoms with Crippen LogP contribution in [0.4, 0.5) is 0 Å². The second-order valence-electron chi connectivity index (χ2n) is 2.40. The van der Waals surface area contributed by atoms with Gasteiger partial charge in [0.2, 0.25) is 0 Å². The molecule has 84 valence electrons. The van der Waals surface area contributed by atoms with Crippen LogP contribution in [0.2, 0.25) is 0 Å². The van der Waals surface area contributed by atoms with Crippen molar-refractivity contribution >= 4 is 26.4 Å². The topological polar surface area (TPSA) is 96.0 Å². The Morgan fingerprint density at radius 3 is 1.27 bits per heavy atom. The zero-order chi connectivity index (χ0) is 12.1. The first-order chi connectivity index (χ1) is 6.81. The highest BCUT2D eigenvalue weighted by Crippen LogP contribution is 2.28. The van der Waals surface area contributed by atoms with Gasteiger partial charge in [-0.25, -0.2) is 0 Å². The fourth-order valence-corrected chi connectivity index (χ4v) is 1.16. The summed E-state index contributed by atoms with van der Waals surface area (Å²) >= 11 is 0. The van der Waals surface area contributed by atoms with Crippen LogP contribution in [0, 0.1) is 0 Å². The van der Waals surface area contributed by atoms with E-state index in [-0.39, 0.29) is 0 Å². The first kappa shape index (κ1) is 13.5. The van der Waals surface area contributed by atoms with Crippen molar-refractivity contribution in [2.45, 2.75) is 26.5 Å². The maximum Gasteiger partial charge on any atom is 0.509 e. The van der Waals surface area contributed by atoms with Crippen LogP contribution in [0.5, 0.6) is 0 Å². The molecule has 7 nitrogen and oxygen atoms in total. The minimum Gasteiger partial charge on any atom is -0.379 e. The van der Waals surface area contributed by atoms with Crippen molar-refractivity contribution in [2.75, 3.05) is 0 Å². The minimum atomic E-state index is -2.52. The first-order valence-electron chi connectivity index (χ1n) is 3.74. The third-order valence-corrected chi connectivity index (χ3v) is 1.43. The van der Waals surface area contributed by atoms with Gasteiger partial charge < -0.3 is 14.2 Å². The molecular formula is C7H9O7P. The summed E-state index contributed by atoms with van der Waals surface area (Å²) in [5, 5.41) is 0. The van der Waals surface area contributed by atoms with Crippen LogP contribution in [0.25, 0.3) is 0 Å². The van der Waals surface area contributed by atoms with Crippen LogP contribution >= 0.6 is 8.46 Å². The van der Waals surface area contributed by atoms with Crippen molar-refractivity contribution in [1.82, 2.24) is 0 Å². The smallest absolute Gasteiger partial charge is 0.379 e. The normalized spacial score (nSPS) is 10.6. The van der Waals surface area contributed by atoms with Gasteiger partial charge in [-0.15, -0.1) is 0 Å². The van der Waals surface area contributed by atoms with Gasteiger partial charge in [-0.1, -0.05) is 0 Å². The zero-order valence-electron chi connectivity index (χ0n) is 8.30. The summed E-state index contributed by atoms with van der Waals surface area (Å²) in [7, 11) is -0.979. The molecule has 0 N–H and O–H groups in total. The molecule has 0 radical (unpaired) electrons. The molecule has 0 atom stereocenters. The van der Waals surface area contributed by atoms with E-state index in [1.54, 1.807) is 0 Å². The number of hydrogen-bond acceptors (Lipinski definition) is 7. The van der Waals surface area contributed by atoms with Crippen LogP contribution in [-0.4, -0.2) is 23.6 Å².